The number of piperidine rings is 1. The minimum Gasteiger partial charge on any atom is -0.381 e. The molecule has 2 atom stereocenters. The van der Waals surface area contributed by atoms with Crippen LogP contribution >= 0.6 is 11.6 Å². The van der Waals surface area contributed by atoms with Gasteiger partial charge < -0.3 is 9.64 Å². The summed E-state index contributed by atoms with van der Waals surface area (Å²) in [4.78, 5) is 16.5. The van der Waals surface area contributed by atoms with E-state index >= 15 is 0 Å². The van der Waals surface area contributed by atoms with Crippen LogP contribution in [-0.4, -0.2) is 45.7 Å². The number of ether oxygens (including phenoxy) is 1. The molecule has 3 aliphatic heterocycles. The molecule has 0 unspecified atom stereocenters. The molecule has 2 bridgehead atoms. The number of nitrogens with zero attached hydrogens (tertiary/aromatic N) is 3. The molecule has 5 heterocycles. The largest absolute Gasteiger partial charge is 0.381 e. The summed E-state index contributed by atoms with van der Waals surface area (Å²) in [5.74, 6) is 0.922. The van der Waals surface area contributed by atoms with Crippen LogP contribution < -0.4 is 0 Å². The van der Waals surface area contributed by atoms with Crippen molar-refractivity contribution in [1.82, 2.24) is 14.5 Å². The first-order valence-electron chi connectivity index (χ1n) is 12.2. The molecule has 2 aromatic heterocycles. The monoisotopic (exact) mass is 463 g/mol. The van der Waals surface area contributed by atoms with E-state index in [1.807, 2.05) is 41.2 Å². The first-order valence-corrected chi connectivity index (χ1v) is 12.6. The van der Waals surface area contributed by atoms with Crippen LogP contribution in [0.2, 0.25) is 5.02 Å². The molecule has 6 heteroatoms. The molecule has 1 amide bonds. The average Bonchev–Trinajstić information content (AvgIpc) is 3.42. The number of amides is 1. The summed E-state index contributed by atoms with van der Waals surface area (Å²) in [5, 5.41) is 5.10. The van der Waals surface area contributed by atoms with Gasteiger partial charge in [-0.05, 0) is 86.3 Å². The van der Waals surface area contributed by atoms with E-state index in [-0.39, 0.29) is 0 Å². The van der Waals surface area contributed by atoms with Gasteiger partial charge in [-0.25, -0.2) is 4.52 Å². The van der Waals surface area contributed by atoms with Gasteiger partial charge in [-0.15, -0.1) is 0 Å². The molecule has 0 saturated carbocycles. The maximum Gasteiger partial charge on any atom is 0.233 e. The Kier molecular flexibility index (Phi) is 5.42. The third-order valence-electron chi connectivity index (χ3n) is 8.25. The fraction of sp³-hybridized carbons (Fsp3) is 0.481. The maximum absolute atomic E-state index is 14.3. The molecule has 1 aromatic carbocycles. The van der Waals surface area contributed by atoms with Gasteiger partial charge in [0.2, 0.25) is 5.91 Å². The lowest BCUT2D eigenvalue weighted by Gasteiger charge is -2.46. The van der Waals surface area contributed by atoms with Crippen LogP contribution in [0.1, 0.15) is 49.7 Å². The Morgan fingerprint density at radius 1 is 1.06 bits per heavy atom. The van der Waals surface area contributed by atoms with Crippen molar-refractivity contribution in [2.75, 3.05) is 13.2 Å². The summed E-state index contributed by atoms with van der Waals surface area (Å²) in [6.07, 6.45) is 10.8. The number of aromatic nitrogens is 2. The van der Waals surface area contributed by atoms with E-state index in [4.69, 9.17) is 16.3 Å². The predicted molar refractivity (Wildman–Crippen MR) is 128 cm³/mol. The first kappa shape index (κ1) is 21.2. The highest BCUT2D eigenvalue weighted by atomic mass is 35.5. The lowest BCUT2D eigenvalue weighted by molar-refractivity contribution is -0.146. The first-order chi connectivity index (χ1) is 16.1. The minimum atomic E-state index is -0.486. The normalized spacial score (nSPS) is 26.6. The zero-order valence-corrected chi connectivity index (χ0v) is 19.6. The Morgan fingerprint density at radius 2 is 1.79 bits per heavy atom. The van der Waals surface area contributed by atoms with Crippen molar-refractivity contribution >= 4 is 23.0 Å². The second-order valence-corrected chi connectivity index (χ2v) is 10.5. The molecular formula is C27H30ClN3O2. The number of benzene rings is 1. The van der Waals surface area contributed by atoms with Gasteiger partial charge in [0.15, 0.2) is 0 Å². The van der Waals surface area contributed by atoms with Crippen LogP contribution in [0.4, 0.5) is 0 Å². The van der Waals surface area contributed by atoms with Gasteiger partial charge >= 0.3 is 0 Å². The quantitative estimate of drug-likeness (QED) is 0.544. The lowest BCUT2D eigenvalue weighted by atomic mass is 9.72. The highest BCUT2D eigenvalue weighted by Gasteiger charge is 2.51. The number of halogens is 1. The number of fused-ring (bicyclic) bond motifs is 3. The molecule has 0 radical (unpaired) electrons. The van der Waals surface area contributed by atoms with E-state index in [9.17, 15) is 4.79 Å². The lowest BCUT2D eigenvalue weighted by Crippen LogP contribution is -2.56. The van der Waals surface area contributed by atoms with Crippen molar-refractivity contribution in [2.24, 2.45) is 5.92 Å². The van der Waals surface area contributed by atoms with Gasteiger partial charge in [0.05, 0.1) is 10.9 Å². The van der Waals surface area contributed by atoms with Crippen molar-refractivity contribution in [2.45, 2.75) is 62.4 Å². The summed E-state index contributed by atoms with van der Waals surface area (Å²) in [6, 6.07) is 15.0. The molecule has 0 aliphatic carbocycles. The van der Waals surface area contributed by atoms with E-state index in [1.165, 1.54) is 11.1 Å². The second kappa shape index (κ2) is 8.44. The molecular weight excluding hydrogens is 434 g/mol. The van der Waals surface area contributed by atoms with Crippen LogP contribution in [0.25, 0.3) is 5.52 Å². The number of carbonyl (C=O) groups is 1. The van der Waals surface area contributed by atoms with Crippen LogP contribution in [-0.2, 0) is 21.4 Å². The van der Waals surface area contributed by atoms with Crippen LogP contribution in [0.15, 0.2) is 54.9 Å². The van der Waals surface area contributed by atoms with Gasteiger partial charge in [0, 0.05) is 42.7 Å². The molecule has 3 aromatic rings. The third kappa shape index (κ3) is 3.66. The molecule has 33 heavy (non-hydrogen) atoms. The fourth-order valence-corrected chi connectivity index (χ4v) is 6.77. The molecule has 6 rings (SSSR count). The Bertz CT molecular complexity index is 1140. The Labute approximate surface area is 199 Å². The summed E-state index contributed by atoms with van der Waals surface area (Å²) in [5.41, 5.74) is 3.17. The van der Waals surface area contributed by atoms with E-state index in [0.29, 0.717) is 42.1 Å². The number of carbonyl (C=O) groups excluding carboxylic acids is 1. The van der Waals surface area contributed by atoms with Crippen LogP contribution in [0.5, 0.6) is 0 Å². The third-order valence-corrected chi connectivity index (χ3v) is 8.50. The zero-order chi connectivity index (χ0) is 22.4. The number of rotatable bonds is 4. The maximum atomic E-state index is 14.3. The highest BCUT2D eigenvalue weighted by molar-refractivity contribution is 6.30. The van der Waals surface area contributed by atoms with Gasteiger partial charge in [0.25, 0.3) is 0 Å². The molecule has 0 spiro atoms. The van der Waals surface area contributed by atoms with Crippen LogP contribution in [0.3, 0.4) is 0 Å². The summed E-state index contributed by atoms with van der Waals surface area (Å²) in [6.45, 7) is 1.27. The van der Waals surface area contributed by atoms with Gasteiger partial charge in [-0.1, -0.05) is 29.8 Å². The van der Waals surface area contributed by atoms with Crippen molar-refractivity contribution in [3.63, 3.8) is 0 Å². The highest BCUT2D eigenvalue weighted by Crippen LogP contribution is 2.45. The van der Waals surface area contributed by atoms with E-state index in [1.54, 1.807) is 0 Å². The van der Waals surface area contributed by atoms with E-state index in [2.05, 4.69) is 28.2 Å². The topological polar surface area (TPSA) is 46.8 Å². The van der Waals surface area contributed by atoms with Crippen molar-refractivity contribution in [1.29, 1.82) is 0 Å². The molecule has 5 nitrogen and oxygen atoms in total. The molecule has 172 valence electrons. The van der Waals surface area contributed by atoms with E-state index in [0.717, 1.165) is 50.5 Å². The van der Waals surface area contributed by atoms with Crippen molar-refractivity contribution in [3.05, 3.63) is 71.0 Å². The SMILES string of the molecule is O=C(N1[C@H]2CC[C@H]1CC(Cc1cccn3nccc13)C2)C1(c2ccc(Cl)cc2)CCOCC1. The zero-order valence-electron chi connectivity index (χ0n) is 18.8. The molecule has 3 saturated heterocycles. The minimum absolute atomic E-state index is 0.317. The predicted octanol–water partition coefficient (Wildman–Crippen LogP) is 5.05. The summed E-state index contributed by atoms with van der Waals surface area (Å²) >= 11 is 6.17. The second-order valence-electron chi connectivity index (χ2n) is 10.0. The average molecular weight is 464 g/mol. The number of pyridine rings is 1. The Balaban J connectivity index is 1.25. The Hall–Kier alpha value is -2.37. The van der Waals surface area contributed by atoms with Gasteiger partial charge in [-0.2, -0.15) is 5.10 Å². The summed E-state index contributed by atoms with van der Waals surface area (Å²) < 4.78 is 7.65. The molecule has 3 aliphatic rings. The van der Waals surface area contributed by atoms with Crippen molar-refractivity contribution in [3.8, 4) is 0 Å². The van der Waals surface area contributed by atoms with Crippen LogP contribution in [0, 0.1) is 5.92 Å². The molecule has 0 N–H and O–H groups in total. The van der Waals surface area contributed by atoms with E-state index < -0.39 is 5.41 Å². The summed E-state index contributed by atoms with van der Waals surface area (Å²) in [7, 11) is 0. The number of hydrogen-bond donors (Lipinski definition) is 0. The standard InChI is InChI=1S/C27H30ClN3O2/c28-22-5-3-21(4-6-22)27(10-14-33-15-11-27)26(32)31-23-7-8-24(31)18-19(17-23)16-20-2-1-13-30-25(20)9-12-29-30/h1-6,9,12-13,19,23-24H,7-8,10-11,14-18H2/t23-,24-/m0/s1. The smallest absolute Gasteiger partial charge is 0.233 e. The number of hydrogen-bond acceptors (Lipinski definition) is 3. The fourth-order valence-electron chi connectivity index (χ4n) is 6.65. The van der Waals surface area contributed by atoms with Gasteiger partial charge in [0.1, 0.15) is 0 Å². The van der Waals surface area contributed by atoms with Crippen molar-refractivity contribution < 1.29 is 9.53 Å². The van der Waals surface area contributed by atoms with Gasteiger partial charge in [-0.3, -0.25) is 4.79 Å². The Morgan fingerprint density at radius 3 is 2.52 bits per heavy atom. The molecule has 3 fully saturated rings.